The Morgan fingerprint density at radius 3 is 0.708 bits per heavy atom. The van der Waals surface area contributed by atoms with Crippen LogP contribution in [0.2, 0.25) is 0 Å². The van der Waals surface area contributed by atoms with Crippen molar-refractivity contribution in [1.29, 1.82) is 0 Å². The van der Waals surface area contributed by atoms with Gasteiger partial charge in [0.1, 0.15) is 19.3 Å². The number of phosphoric acid groups is 2. The molecule has 3 N–H and O–H groups in total. The molecule has 0 aliphatic rings. The monoisotopic (exact) mass is 1410 g/mol. The average molecular weight is 1410 g/mol. The van der Waals surface area contributed by atoms with Crippen molar-refractivity contribution >= 4 is 39.5 Å². The fourth-order valence-electron chi connectivity index (χ4n) is 11.8. The molecule has 0 aliphatic carbocycles. The van der Waals surface area contributed by atoms with Crippen molar-refractivity contribution in [1.82, 2.24) is 0 Å². The summed E-state index contributed by atoms with van der Waals surface area (Å²) in [5, 5.41) is 10.6. The summed E-state index contributed by atoms with van der Waals surface area (Å²) < 4.78 is 68.6. The third-order valence-electron chi connectivity index (χ3n) is 18.0. The second-order valence-electron chi connectivity index (χ2n) is 28.7. The molecule has 0 saturated carbocycles. The Bertz CT molecular complexity index is 1860. The predicted molar refractivity (Wildman–Crippen MR) is 391 cm³/mol. The van der Waals surface area contributed by atoms with E-state index in [1.807, 2.05) is 0 Å². The first-order valence-corrected chi connectivity index (χ1v) is 43.0. The standard InChI is InChI=1S/C77H150O17P2/c1-7-9-11-13-15-17-19-20-21-22-23-24-30-37-43-49-55-61-76(81)93-73(66-88-75(80)60-54-48-42-36-31-25-28-33-39-45-51-57-69(3)4)68-92-96(85,86)90-64-71(78)63-89-95(83,84)91-67-72(65-87-74(79)59-53-47-41-35-27-18-16-14-12-10-8-2)94-77(82)62-56-50-44-38-32-26-29-34-40-46-52-58-70(5)6/h69-73,78H,7-68H2,1-6H3,(H,83,84)(H,85,86)/t71-,72+,73+/m0/s1. The lowest BCUT2D eigenvalue weighted by atomic mass is 10.0. The van der Waals surface area contributed by atoms with E-state index >= 15 is 0 Å². The molecule has 0 rings (SSSR count). The van der Waals surface area contributed by atoms with Gasteiger partial charge in [0.25, 0.3) is 0 Å². The number of rotatable bonds is 76. The molecule has 2 unspecified atom stereocenters. The Balaban J connectivity index is 5.26. The summed E-state index contributed by atoms with van der Waals surface area (Å²) in [6.07, 6.45) is 56.7. The maximum atomic E-state index is 13.1. The van der Waals surface area contributed by atoms with Gasteiger partial charge < -0.3 is 33.8 Å². The van der Waals surface area contributed by atoms with Crippen LogP contribution >= 0.6 is 15.6 Å². The normalized spacial score (nSPS) is 14.0. The van der Waals surface area contributed by atoms with Crippen molar-refractivity contribution in [3.8, 4) is 0 Å². The molecule has 17 nitrogen and oxygen atoms in total. The highest BCUT2D eigenvalue weighted by atomic mass is 31.2. The second-order valence-corrected chi connectivity index (χ2v) is 31.6. The number of ether oxygens (including phenoxy) is 4. The molecule has 570 valence electrons. The van der Waals surface area contributed by atoms with Crippen LogP contribution in [0.1, 0.15) is 401 Å². The number of aliphatic hydroxyl groups is 1. The highest BCUT2D eigenvalue weighted by Crippen LogP contribution is 2.45. The van der Waals surface area contributed by atoms with Crippen LogP contribution in [0.25, 0.3) is 0 Å². The highest BCUT2D eigenvalue weighted by Gasteiger charge is 2.30. The first-order valence-electron chi connectivity index (χ1n) is 40.0. The van der Waals surface area contributed by atoms with Gasteiger partial charge in [0, 0.05) is 25.7 Å². The van der Waals surface area contributed by atoms with E-state index in [0.717, 1.165) is 102 Å². The second kappa shape index (κ2) is 68.8. The third-order valence-corrected chi connectivity index (χ3v) is 19.9. The molecule has 0 bridgehead atoms. The lowest BCUT2D eigenvalue weighted by Crippen LogP contribution is -2.30. The van der Waals surface area contributed by atoms with Gasteiger partial charge in [-0.25, -0.2) is 9.13 Å². The molecule has 0 saturated heterocycles. The van der Waals surface area contributed by atoms with E-state index in [-0.39, 0.29) is 25.7 Å². The van der Waals surface area contributed by atoms with Gasteiger partial charge in [0.15, 0.2) is 12.2 Å². The maximum absolute atomic E-state index is 13.1. The Labute approximate surface area is 588 Å². The van der Waals surface area contributed by atoms with Crippen LogP contribution in [0.5, 0.6) is 0 Å². The van der Waals surface area contributed by atoms with Crippen molar-refractivity contribution in [3.63, 3.8) is 0 Å². The third kappa shape index (κ3) is 70.5. The summed E-state index contributed by atoms with van der Waals surface area (Å²) in [7, 11) is -9.91. The summed E-state index contributed by atoms with van der Waals surface area (Å²) in [6.45, 7) is 9.61. The van der Waals surface area contributed by atoms with Crippen LogP contribution in [-0.4, -0.2) is 96.7 Å². The van der Waals surface area contributed by atoms with E-state index in [0.29, 0.717) is 25.7 Å². The zero-order valence-corrected chi connectivity index (χ0v) is 64.5. The minimum absolute atomic E-state index is 0.107. The maximum Gasteiger partial charge on any atom is 0.472 e. The summed E-state index contributed by atoms with van der Waals surface area (Å²) >= 11 is 0. The van der Waals surface area contributed by atoms with Gasteiger partial charge in [-0.2, -0.15) is 0 Å². The summed E-state index contributed by atoms with van der Waals surface area (Å²) in [6, 6.07) is 0. The number of hydrogen-bond donors (Lipinski definition) is 3. The van der Waals surface area contributed by atoms with Crippen molar-refractivity contribution in [3.05, 3.63) is 0 Å². The molecule has 0 fully saturated rings. The molecule has 96 heavy (non-hydrogen) atoms. The Morgan fingerprint density at radius 1 is 0.281 bits per heavy atom. The molecule has 0 aromatic carbocycles. The highest BCUT2D eigenvalue weighted by molar-refractivity contribution is 7.47. The van der Waals surface area contributed by atoms with Crippen LogP contribution < -0.4 is 0 Å². The van der Waals surface area contributed by atoms with E-state index in [1.165, 1.54) is 218 Å². The molecule has 0 radical (unpaired) electrons. The summed E-state index contributed by atoms with van der Waals surface area (Å²) in [4.78, 5) is 72.9. The van der Waals surface area contributed by atoms with Gasteiger partial charge in [-0.05, 0) is 37.5 Å². The lowest BCUT2D eigenvalue weighted by Gasteiger charge is -2.21. The van der Waals surface area contributed by atoms with E-state index in [9.17, 15) is 43.2 Å². The van der Waals surface area contributed by atoms with Crippen molar-refractivity contribution in [2.45, 2.75) is 419 Å². The molecular weight excluding hydrogens is 1260 g/mol. The fourth-order valence-corrected chi connectivity index (χ4v) is 13.4. The van der Waals surface area contributed by atoms with Gasteiger partial charge in [-0.1, -0.05) is 350 Å². The molecule has 5 atom stereocenters. The van der Waals surface area contributed by atoms with Crippen LogP contribution in [-0.2, 0) is 65.4 Å². The predicted octanol–water partition coefficient (Wildman–Crippen LogP) is 22.7. The fraction of sp³-hybridized carbons (Fsp3) is 0.948. The Hall–Kier alpha value is -1.94. The van der Waals surface area contributed by atoms with Crippen molar-refractivity contribution in [2.24, 2.45) is 11.8 Å². The average Bonchev–Trinajstić information content (AvgIpc) is 1.73. The zero-order chi connectivity index (χ0) is 70.7. The van der Waals surface area contributed by atoms with Crippen molar-refractivity contribution in [2.75, 3.05) is 39.6 Å². The molecule has 0 aliphatic heterocycles. The first-order chi connectivity index (χ1) is 46.4. The molecule has 0 aromatic heterocycles. The van der Waals surface area contributed by atoms with Gasteiger partial charge in [-0.15, -0.1) is 0 Å². The van der Waals surface area contributed by atoms with Crippen LogP contribution in [0, 0.1) is 11.8 Å². The van der Waals surface area contributed by atoms with E-state index in [2.05, 4.69) is 41.5 Å². The zero-order valence-electron chi connectivity index (χ0n) is 62.7. The minimum atomic E-state index is -4.96. The minimum Gasteiger partial charge on any atom is -0.462 e. The molecule has 0 aromatic rings. The van der Waals surface area contributed by atoms with Gasteiger partial charge >= 0.3 is 39.5 Å². The SMILES string of the molecule is CCCCCCCCCCCCCCCCCCCC(=O)O[C@H](COC(=O)CCCCCCCCCCCCCC(C)C)COP(=O)(O)OC[C@@H](O)COP(=O)(O)OC[C@@H](COC(=O)CCCCCCCCCCCCC)OC(=O)CCCCCCCCCCCCCC(C)C. The Kier molecular flexibility index (Phi) is 67.4. The molecular formula is C77H150O17P2. The number of carbonyl (C=O) groups is 4. The van der Waals surface area contributed by atoms with Crippen LogP contribution in [0.15, 0.2) is 0 Å². The number of unbranched alkanes of at least 4 members (excludes halogenated alkanes) is 46. The van der Waals surface area contributed by atoms with E-state index < -0.39 is 97.5 Å². The quantitative estimate of drug-likeness (QED) is 0.0222. The number of carbonyl (C=O) groups excluding carboxylic acids is 4. The van der Waals surface area contributed by atoms with Gasteiger partial charge in [0.2, 0.25) is 0 Å². The molecule has 0 amide bonds. The number of aliphatic hydroxyl groups excluding tert-OH is 1. The first kappa shape index (κ1) is 94.1. The smallest absolute Gasteiger partial charge is 0.462 e. The van der Waals surface area contributed by atoms with E-state index in [1.54, 1.807) is 0 Å². The van der Waals surface area contributed by atoms with E-state index in [4.69, 9.17) is 37.0 Å². The number of hydrogen-bond acceptors (Lipinski definition) is 15. The number of esters is 4. The van der Waals surface area contributed by atoms with Gasteiger partial charge in [-0.3, -0.25) is 37.3 Å². The molecule has 0 spiro atoms. The largest absolute Gasteiger partial charge is 0.472 e. The van der Waals surface area contributed by atoms with Crippen LogP contribution in [0.3, 0.4) is 0 Å². The van der Waals surface area contributed by atoms with Crippen LogP contribution in [0.4, 0.5) is 0 Å². The summed E-state index contributed by atoms with van der Waals surface area (Å²) in [5.74, 6) is -0.576. The molecule has 19 heteroatoms. The van der Waals surface area contributed by atoms with Gasteiger partial charge in [0.05, 0.1) is 26.4 Å². The Morgan fingerprint density at radius 2 is 0.479 bits per heavy atom. The summed E-state index contributed by atoms with van der Waals surface area (Å²) in [5.41, 5.74) is 0. The van der Waals surface area contributed by atoms with Crippen molar-refractivity contribution < 1.29 is 80.2 Å². The number of phosphoric ester groups is 2. The topological polar surface area (TPSA) is 237 Å². The molecule has 0 heterocycles. The lowest BCUT2D eigenvalue weighted by molar-refractivity contribution is -0.161.